The molecule has 7 nitrogen and oxygen atoms in total. The van der Waals surface area contributed by atoms with E-state index < -0.39 is 53.2 Å². The highest BCUT2D eigenvalue weighted by Gasteiger charge is 2.62. The molecule has 0 aromatic carbocycles. The van der Waals surface area contributed by atoms with Gasteiger partial charge in [0, 0.05) is 6.07 Å². The molecule has 0 unspecified atom stereocenters. The molecule has 0 fully saturated rings. The zero-order valence-corrected chi connectivity index (χ0v) is 16.7. The molecule has 1 aliphatic rings. The number of carbonyl (C=O) groups is 1. The van der Waals surface area contributed by atoms with Crippen molar-refractivity contribution in [1.29, 1.82) is 0 Å². The highest BCUT2D eigenvalue weighted by Crippen LogP contribution is 2.51. The van der Waals surface area contributed by atoms with Gasteiger partial charge < -0.3 is 5.32 Å². The lowest BCUT2D eigenvalue weighted by Gasteiger charge is -2.29. The first-order valence-electron chi connectivity index (χ1n) is 8.85. The van der Waals surface area contributed by atoms with Gasteiger partial charge in [0.15, 0.2) is 16.6 Å². The number of aromatic nitrogens is 4. The van der Waals surface area contributed by atoms with E-state index in [2.05, 4.69) is 21.6 Å². The van der Waals surface area contributed by atoms with Gasteiger partial charge in [0.05, 0.1) is 36.0 Å². The third-order valence-corrected chi connectivity index (χ3v) is 5.23. The Labute approximate surface area is 184 Å². The standard InChI is InChI=1S/C18H10ClF7N6O/c1-2-16(18(24,25)26)7-31(10-6-28-13-4-12(19)30-32(13)14(10)16)15(33)29-9-3-11(17(21,22)23)27-5-8(9)20/h2-6H,1,7H2,(H,27,29,33)/t16-/m1/s1. The van der Waals surface area contributed by atoms with E-state index in [0.717, 1.165) is 10.7 Å². The van der Waals surface area contributed by atoms with Gasteiger partial charge in [-0.3, -0.25) is 4.90 Å². The van der Waals surface area contributed by atoms with Crippen LogP contribution in [0, 0.1) is 5.82 Å². The van der Waals surface area contributed by atoms with Gasteiger partial charge in [-0.05, 0) is 6.07 Å². The van der Waals surface area contributed by atoms with Gasteiger partial charge in [0.2, 0.25) is 0 Å². The van der Waals surface area contributed by atoms with Crippen LogP contribution in [0.25, 0.3) is 5.65 Å². The highest BCUT2D eigenvalue weighted by atomic mass is 35.5. The van der Waals surface area contributed by atoms with Crippen molar-refractivity contribution >= 4 is 34.7 Å². The number of nitrogens with one attached hydrogen (secondary N) is 1. The van der Waals surface area contributed by atoms with Crippen molar-refractivity contribution in [2.24, 2.45) is 0 Å². The summed E-state index contributed by atoms with van der Waals surface area (Å²) >= 11 is 5.80. The number of amides is 2. The molecule has 1 atom stereocenters. The van der Waals surface area contributed by atoms with Crippen LogP contribution < -0.4 is 10.2 Å². The van der Waals surface area contributed by atoms with Crippen LogP contribution in [0.15, 0.2) is 37.2 Å². The normalized spacial score (nSPS) is 18.5. The summed E-state index contributed by atoms with van der Waals surface area (Å²) in [4.78, 5) is 20.2. The van der Waals surface area contributed by atoms with Gasteiger partial charge >= 0.3 is 18.4 Å². The van der Waals surface area contributed by atoms with Crippen LogP contribution in [0.1, 0.15) is 11.4 Å². The second-order valence-electron chi connectivity index (χ2n) is 6.97. The topological polar surface area (TPSA) is 75.4 Å². The van der Waals surface area contributed by atoms with Crippen LogP contribution in [0.3, 0.4) is 0 Å². The molecule has 0 radical (unpaired) electrons. The van der Waals surface area contributed by atoms with Crippen LogP contribution in [0.4, 0.5) is 46.9 Å². The lowest BCUT2D eigenvalue weighted by molar-refractivity contribution is -0.172. The molecule has 0 bridgehead atoms. The van der Waals surface area contributed by atoms with Gasteiger partial charge in [-0.1, -0.05) is 17.7 Å². The van der Waals surface area contributed by atoms with Crippen LogP contribution in [0.2, 0.25) is 5.15 Å². The quantitative estimate of drug-likeness (QED) is 0.403. The monoisotopic (exact) mass is 494 g/mol. The number of anilines is 2. The average Bonchev–Trinajstić information content (AvgIpc) is 3.25. The predicted molar refractivity (Wildman–Crippen MR) is 101 cm³/mol. The van der Waals surface area contributed by atoms with Crippen molar-refractivity contribution in [3.8, 4) is 0 Å². The first-order chi connectivity index (χ1) is 15.3. The largest absolute Gasteiger partial charge is 0.433 e. The Balaban J connectivity index is 1.82. The predicted octanol–water partition coefficient (Wildman–Crippen LogP) is 4.97. The van der Waals surface area contributed by atoms with Crippen LogP contribution in [0.5, 0.6) is 0 Å². The number of alkyl halides is 6. The number of nitrogens with zero attached hydrogens (tertiary/aromatic N) is 5. The molecular weight excluding hydrogens is 485 g/mol. The lowest BCUT2D eigenvalue weighted by atomic mass is 9.85. The molecule has 3 aromatic heterocycles. The first-order valence-corrected chi connectivity index (χ1v) is 9.22. The molecular formula is C18H10ClF7N6O. The molecule has 0 saturated heterocycles. The van der Waals surface area contributed by atoms with Crippen LogP contribution in [-0.4, -0.2) is 38.3 Å². The molecule has 4 rings (SSSR count). The van der Waals surface area contributed by atoms with E-state index in [-0.39, 0.29) is 28.8 Å². The minimum Gasteiger partial charge on any atom is -0.305 e. The summed E-state index contributed by atoms with van der Waals surface area (Å²) < 4.78 is 96.2. The number of carbonyl (C=O) groups excluding carboxylic acids is 1. The molecule has 0 saturated carbocycles. The molecule has 0 aliphatic carbocycles. The molecule has 33 heavy (non-hydrogen) atoms. The summed E-state index contributed by atoms with van der Waals surface area (Å²) in [5, 5.41) is 5.48. The summed E-state index contributed by atoms with van der Waals surface area (Å²) in [5.74, 6) is -1.32. The minimum absolute atomic E-state index is 0.0496. The average molecular weight is 495 g/mol. The smallest absolute Gasteiger partial charge is 0.305 e. The summed E-state index contributed by atoms with van der Waals surface area (Å²) in [7, 11) is 0. The third-order valence-electron chi connectivity index (χ3n) is 5.04. The second-order valence-corrected chi connectivity index (χ2v) is 7.35. The van der Waals surface area contributed by atoms with E-state index >= 15 is 0 Å². The fraction of sp³-hybridized carbons (Fsp3) is 0.222. The highest BCUT2D eigenvalue weighted by molar-refractivity contribution is 6.29. The van der Waals surface area contributed by atoms with Crippen LogP contribution >= 0.6 is 11.6 Å². The van der Waals surface area contributed by atoms with Gasteiger partial charge in [-0.2, -0.15) is 31.4 Å². The third kappa shape index (κ3) is 3.53. The number of hydrogen-bond acceptors (Lipinski definition) is 4. The molecule has 4 heterocycles. The Kier molecular flexibility index (Phi) is 5.03. The Morgan fingerprint density at radius 3 is 2.48 bits per heavy atom. The number of rotatable bonds is 2. The Morgan fingerprint density at radius 2 is 1.88 bits per heavy atom. The van der Waals surface area contributed by atoms with E-state index in [1.165, 1.54) is 6.07 Å². The van der Waals surface area contributed by atoms with Gasteiger partial charge in [-0.15, -0.1) is 6.58 Å². The van der Waals surface area contributed by atoms with Crippen molar-refractivity contribution in [2.75, 3.05) is 16.8 Å². The molecule has 1 aliphatic heterocycles. The number of fused-ring (bicyclic) bond motifs is 3. The van der Waals surface area contributed by atoms with Gasteiger partial charge in [0.1, 0.15) is 11.1 Å². The fourth-order valence-electron chi connectivity index (χ4n) is 3.48. The molecule has 2 amide bonds. The van der Waals surface area contributed by atoms with Crippen molar-refractivity contribution < 1.29 is 35.5 Å². The summed E-state index contributed by atoms with van der Waals surface area (Å²) in [6.45, 7) is 2.20. The van der Waals surface area contributed by atoms with E-state index in [0.29, 0.717) is 11.0 Å². The van der Waals surface area contributed by atoms with Crippen molar-refractivity contribution in [3.05, 3.63) is 59.5 Å². The van der Waals surface area contributed by atoms with Crippen molar-refractivity contribution in [1.82, 2.24) is 19.6 Å². The first kappa shape index (κ1) is 22.8. The van der Waals surface area contributed by atoms with E-state index in [9.17, 15) is 35.5 Å². The maximum atomic E-state index is 14.2. The summed E-state index contributed by atoms with van der Waals surface area (Å²) in [6, 6.07) is 0.0744. The fourth-order valence-corrected chi connectivity index (χ4v) is 3.65. The number of pyridine rings is 1. The Bertz CT molecular complexity index is 1290. The molecule has 3 aromatic rings. The molecule has 174 valence electrons. The van der Waals surface area contributed by atoms with Gasteiger partial charge in [-0.25, -0.2) is 23.7 Å². The number of urea groups is 1. The molecule has 15 heteroatoms. The van der Waals surface area contributed by atoms with Crippen molar-refractivity contribution in [2.45, 2.75) is 17.8 Å². The Hall–Kier alpha value is -3.42. The SMILES string of the molecule is C=C[C@@]1(C(F)(F)F)CN(C(=O)Nc2cc(C(F)(F)F)ncc2F)c2cnc3cc(Cl)nn3c21. The lowest BCUT2D eigenvalue weighted by Crippen LogP contribution is -2.47. The maximum Gasteiger partial charge on any atom is 0.433 e. The minimum atomic E-state index is -4.98. The number of halogens is 8. The van der Waals surface area contributed by atoms with E-state index in [1.807, 2.05) is 5.32 Å². The van der Waals surface area contributed by atoms with Gasteiger partial charge in [0.25, 0.3) is 0 Å². The zero-order chi connectivity index (χ0) is 24.3. The zero-order valence-electron chi connectivity index (χ0n) is 16.0. The Morgan fingerprint density at radius 1 is 1.18 bits per heavy atom. The summed E-state index contributed by atoms with van der Waals surface area (Å²) in [5.41, 5.74) is -6.23. The van der Waals surface area contributed by atoms with Crippen molar-refractivity contribution in [3.63, 3.8) is 0 Å². The van der Waals surface area contributed by atoms with Crippen LogP contribution in [-0.2, 0) is 11.6 Å². The van der Waals surface area contributed by atoms with E-state index in [4.69, 9.17) is 11.6 Å². The number of hydrogen-bond donors (Lipinski definition) is 1. The molecule has 0 spiro atoms. The maximum absolute atomic E-state index is 14.2. The summed E-state index contributed by atoms with van der Waals surface area (Å²) in [6.07, 6.45) is -8.17. The second kappa shape index (κ2) is 7.30. The van der Waals surface area contributed by atoms with E-state index in [1.54, 1.807) is 0 Å². The molecule has 1 N–H and O–H groups in total.